The van der Waals surface area contributed by atoms with Crippen LogP contribution in [-0.2, 0) is 0 Å². The molecule has 0 atom stereocenters. The van der Waals surface area contributed by atoms with E-state index in [1.165, 1.54) is 0 Å². The summed E-state index contributed by atoms with van der Waals surface area (Å²) in [4.78, 5) is 5.10. The number of oxazole rings is 1. The molecule has 12 heavy (non-hydrogen) atoms. The van der Waals surface area contributed by atoms with Crippen molar-refractivity contribution in [2.45, 2.75) is 0 Å². The molecule has 5 heteroatoms. The lowest BCUT2D eigenvalue weighted by atomic mass is 10.5. The highest BCUT2D eigenvalue weighted by molar-refractivity contribution is 9.11. The maximum Gasteiger partial charge on any atom is 0.237 e. The summed E-state index contributed by atoms with van der Waals surface area (Å²) in [6.07, 6.45) is 1.64. The van der Waals surface area contributed by atoms with Crippen LogP contribution in [0.4, 0.5) is 0 Å². The van der Waals surface area contributed by atoms with Crippen molar-refractivity contribution in [3.8, 4) is 10.8 Å². The molecule has 0 aromatic carbocycles. The van der Waals surface area contributed by atoms with Gasteiger partial charge >= 0.3 is 0 Å². The molecule has 0 N–H and O–H groups in total. The fourth-order valence-electron chi connectivity index (χ4n) is 0.798. The lowest BCUT2D eigenvalue weighted by Crippen LogP contribution is -1.65. The summed E-state index contributed by atoms with van der Waals surface area (Å²) in [5, 5.41) is 0. The van der Waals surface area contributed by atoms with Gasteiger partial charge in [-0.05, 0) is 44.0 Å². The highest BCUT2D eigenvalue weighted by atomic mass is 79.9. The van der Waals surface area contributed by atoms with Crippen molar-refractivity contribution in [3.63, 3.8) is 0 Å². The average molecular weight is 309 g/mol. The second-order valence-electron chi connectivity index (χ2n) is 2.07. The number of halogens is 2. The first-order chi connectivity index (χ1) is 5.75. The number of aromatic nitrogens is 1. The second kappa shape index (κ2) is 3.32. The van der Waals surface area contributed by atoms with E-state index in [1.807, 2.05) is 12.1 Å². The van der Waals surface area contributed by atoms with E-state index in [1.54, 1.807) is 17.5 Å². The lowest BCUT2D eigenvalue weighted by molar-refractivity contribution is 0.551. The number of hydrogen-bond acceptors (Lipinski definition) is 3. The maximum atomic E-state index is 5.28. The summed E-state index contributed by atoms with van der Waals surface area (Å²) < 4.78 is 7.01. The maximum absolute atomic E-state index is 5.28. The summed E-state index contributed by atoms with van der Waals surface area (Å²) in [7, 11) is 0. The summed E-state index contributed by atoms with van der Waals surface area (Å²) in [5.41, 5.74) is 0. The Balaban J connectivity index is 2.43. The SMILES string of the molecule is Brc1cnc(-c2ccc(Br)s2)o1. The molecule has 0 saturated carbocycles. The lowest BCUT2D eigenvalue weighted by Gasteiger charge is -1.84. The van der Waals surface area contributed by atoms with Crippen LogP contribution < -0.4 is 0 Å². The number of thiophene rings is 1. The quantitative estimate of drug-likeness (QED) is 0.798. The molecule has 2 aromatic heterocycles. The fourth-order valence-corrected chi connectivity index (χ4v) is 2.37. The van der Waals surface area contributed by atoms with Crippen molar-refractivity contribution in [1.82, 2.24) is 4.98 Å². The molecule has 0 spiro atoms. The first-order valence-electron chi connectivity index (χ1n) is 3.13. The Bertz CT molecular complexity index is 357. The average Bonchev–Trinajstić information content (AvgIpc) is 2.58. The van der Waals surface area contributed by atoms with Crippen molar-refractivity contribution < 1.29 is 4.42 Å². The van der Waals surface area contributed by atoms with E-state index >= 15 is 0 Å². The molecule has 2 heterocycles. The Morgan fingerprint density at radius 2 is 2.17 bits per heavy atom. The molecule has 0 aliphatic carbocycles. The van der Waals surface area contributed by atoms with Crippen molar-refractivity contribution in [1.29, 1.82) is 0 Å². The van der Waals surface area contributed by atoms with E-state index in [-0.39, 0.29) is 0 Å². The van der Waals surface area contributed by atoms with Gasteiger partial charge < -0.3 is 4.42 Å². The predicted octanol–water partition coefficient (Wildman–Crippen LogP) is 3.93. The zero-order chi connectivity index (χ0) is 8.55. The molecule has 0 unspecified atom stereocenters. The molecule has 0 fully saturated rings. The largest absolute Gasteiger partial charge is 0.429 e. The second-order valence-corrected chi connectivity index (χ2v) is 5.32. The minimum Gasteiger partial charge on any atom is -0.429 e. The van der Waals surface area contributed by atoms with Crippen LogP contribution in [0.3, 0.4) is 0 Å². The molecule has 0 amide bonds. The third-order valence-electron chi connectivity index (χ3n) is 1.26. The van der Waals surface area contributed by atoms with E-state index < -0.39 is 0 Å². The number of nitrogens with zero attached hydrogens (tertiary/aromatic N) is 1. The predicted molar refractivity (Wildman–Crippen MR) is 55.2 cm³/mol. The van der Waals surface area contributed by atoms with Crippen molar-refractivity contribution in [3.05, 3.63) is 26.8 Å². The number of rotatable bonds is 1. The van der Waals surface area contributed by atoms with Crippen LogP contribution in [0, 0.1) is 0 Å². The molecule has 0 aliphatic heterocycles. The van der Waals surface area contributed by atoms with E-state index in [0.29, 0.717) is 10.6 Å². The Labute approximate surface area is 89.9 Å². The minimum atomic E-state index is 0.651. The third-order valence-corrected chi connectivity index (χ3v) is 3.24. The fraction of sp³-hybridized carbons (Fsp3) is 0. The van der Waals surface area contributed by atoms with Crippen LogP contribution in [0.5, 0.6) is 0 Å². The van der Waals surface area contributed by atoms with Gasteiger partial charge in [0.15, 0.2) is 4.67 Å². The highest BCUT2D eigenvalue weighted by Crippen LogP contribution is 2.31. The van der Waals surface area contributed by atoms with Gasteiger partial charge in [0.1, 0.15) is 0 Å². The summed E-state index contributed by atoms with van der Waals surface area (Å²) in [6, 6.07) is 3.94. The van der Waals surface area contributed by atoms with E-state index in [4.69, 9.17) is 4.42 Å². The van der Waals surface area contributed by atoms with Crippen LogP contribution in [-0.4, -0.2) is 4.98 Å². The highest BCUT2D eigenvalue weighted by Gasteiger charge is 2.06. The third kappa shape index (κ3) is 1.62. The van der Waals surface area contributed by atoms with Crippen molar-refractivity contribution in [2.75, 3.05) is 0 Å². The Morgan fingerprint density at radius 3 is 2.67 bits per heavy atom. The van der Waals surface area contributed by atoms with Gasteiger partial charge in [0.25, 0.3) is 0 Å². The van der Waals surface area contributed by atoms with Gasteiger partial charge in [-0.2, -0.15) is 0 Å². The minimum absolute atomic E-state index is 0.651. The van der Waals surface area contributed by atoms with Crippen molar-refractivity contribution >= 4 is 43.2 Å². The summed E-state index contributed by atoms with van der Waals surface area (Å²) >= 11 is 8.17. The van der Waals surface area contributed by atoms with Gasteiger partial charge in [-0.25, -0.2) is 4.98 Å². The van der Waals surface area contributed by atoms with Gasteiger partial charge in [0.2, 0.25) is 5.89 Å². The van der Waals surface area contributed by atoms with Gasteiger partial charge in [-0.15, -0.1) is 11.3 Å². The molecule has 0 bridgehead atoms. The van der Waals surface area contributed by atoms with Crippen LogP contribution in [0.25, 0.3) is 10.8 Å². The molecule has 2 nitrogen and oxygen atoms in total. The monoisotopic (exact) mass is 307 g/mol. The zero-order valence-electron chi connectivity index (χ0n) is 5.75. The van der Waals surface area contributed by atoms with Crippen LogP contribution >= 0.6 is 43.2 Å². The van der Waals surface area contributed by atoms with Gasteiger partial charge in [-0.3, -0.25) is 0 Å². The molecular weight excluding hydrogens is 306 g/mol. The van der Waals surface area contributed by atoms with Crippen molar-refractivity contribution in [2.24, 2.45) is 0 Å². The number of hydrogen-bond donors (Lipinski definition) is 0. The summed E-state index contributed by atoms with van der Waals surface area (Å²) in [5.74, 6) is 0.651. The Kier molecular flexibility index (Phi) is 2.34. The molecule has 2 rings (SSSR count). The van der Waals surface area contributed by atoms with E-state index in [0.717, 1.165) is 8.66 Å². The Hall–Kier alpha value is -0.130. The molecular formula is C7H3Br2NOS. The Morgan fingerprint density at radius 1 is 1.33 bits per heavy atom. The molecule has 0 aliphatic rings. The van der Waals surface area contributed by atoms with E-state index in [9.17, 15) is 0 Å². The van der Waals surface area contributed by atoms with Crippen LogP contribution in [0.2, 0.25) is 0 Å². The van der Waals surface area contributed by atoms with E-state index in [2.05, 4.69) is 36.8 Å². The van der Waals surface area contributed by atoms with Gasteiger partial charge in [-0.1, -0.05) is 0 Å². The van der Waals surface area contributed by atoms with Gasteiger partial charge in [0.05, 0.1) is 14.9 Å². The molecule has 0 radical (unpaired) electrons. The topological polar surface area (TPSA) is 26.0 Å². The molecule has 2 aromatic rings. The molecule has 0 saturated heterocycles. The smallest absolute Gasteiger partial charge is 0.237 e. The van der Waals surface area contributed by atoms with Crippen LogP contribution in [0.1, 0.15) is 0 Å². The van der Waals surface area contributed by atoms with Gasteiger partial charge in [0, 0.05) is 0 Å². The normalized spacial score (nSPS) is 10.5. The molecule has 62 valence electrons. The zero-order valence-corrected chi connectivity index (χ0v) is 9.74. The first-order valence-corrected chi connectivity index (χ1v) is 5.53. The first kappa shape index (κ1) is 8.47. The summed E-state index contributed by atoms with van der Waals surface area (Å²) in [6.45, 7) is 0. The van der Waals surface area contributed by atoms with Crippen LogP contribution in [0.15, 0.2) is 31.2 Å². The standard InChI is InChI=1S/C7H3Br2NOS/c8-5-3-10-7(11-5)4-1-2-6(9)12-4/h1-3H.